The first-order valence-electron chi connectivity index (χ1n) is 5.11. The van der Waals surface area contributed by atoms with Crippen molar-refractivity contribution in [3.8, 4) is 0 Å². The van der Waals surface area contributed by atoms with E-state index >= 15 is 0 Å². The second-order valence-corrected chi connectivity index (χ2v) is 3.98. The molecule has 0 saturated carbocycles. The summed E-state index contributed by atoms with van der Waals surface area (Å²) in [6.07, 6.45) is 1.99. The summed E-state index contributed by atoms with van der Waals surface area (Å²) in [5, 5.41) is 17.9. The Morgan fingerprint density at radius 1 is 1.00 bits per heavy atom. The van der Waals surface area contributed by atoms with Crippen molar-refractivity contribution < 1.29 is 24.6 Å². The lowest BCUT2D eigenvalue weighted by Crippen LogP contribution is -2.08. The number of carbonyl (C=O) groups excluding carboxylic acids is 1. The Morgan fingerprint density at radius 3 is 1.89 bits per heavy atom. The van der Waals surface area contributed by atoms with Crippen molar-refractivity contribution in [2.24, 2.45) is 0 Å². The van der Waals surface area contributed by atoms with E-state index in [1.807, 2.05) is 0 Å². The molecular formula is C13H12O5. The summed E-state index contributed by atoms with van der Waals surface area (Å²) in [6, 6.07) is 2.27. The zero-order valence-corrected chi connectivity index (χ0v) is 9.93. The summed E-state index contributed by atoms with van der Waals surface area (Å²) in [6.45, 7) is 3.55. The molecule has 0 aliphatic heterocycles. The number of benzene rings is 1. The van der Waals surface area contributed by atoms with Crippen LogP contribution in [0.2, 0.25) is 0 Å². The highest BCUT2D eigenvalue weighted by Crippen LogP contribution is 2.19. The van der Waals surface area contributed by atoms with Crippen LogP contribution in [0.1, 0.15) is 50.5 Å². The first-order valence-corrected chi connectivity index (χ1v) is 5.11. The van der Waals surface area contributed by atoms with E-state index < -0.39 is 11.9 Å². The van der Waals surface area contributed by atoms with Crippen LogP contribution in [0.3, 0.4) is 0 Å². The van der Waals surface area contributed by atoms with E-state index in [9.17, 15) is 14.4 Å². The Hall–Kier alpha value is -2.43. The van der Waals surface area contributed by atoms with Crippen molar-refractivity contribution in [2.75, 3.05) is 0 Å². The number of hydrogen-bond donors (Lipinski definition) is 2. The molecule has 94 valence electrons. The van der Waals surface area contributed by atoms with E-state index in [0.29, 0.717) is 11.8 Å². The number of carboxylic acids is 2. The molecule has 18 heavy (non-hydrogen) atoms. The lowest BCUT2D eigenvalue weighted by Gasteiger charge is -2.07. The van der Waals surface area contributed by atoms with Gasteiger partial charge in [0.15, 0.2) is 6.29 Å². The number of aromatic carboxylic acids is 2. The average Bonchev–Trinajstić information content (AvgIpc) is 2.26. The molecule has 0 atom stereocenters. The Balaban J connectivity index is 3.62. The molecule has 0 fully saturated rings. The molecule has 0 aromatic heterocycles. The molecule has 2 N–H and O–H groups in total. The highest BCUT2D eigenvalue weighted by molar-refractivity contribution is 6.02. The zero-order valence-electron chi connectivity index (χ0n) is 9.93. The third-order valence-electron chi connectivity index (χ3n) is 2.25. The van der Waals surface area contributed by atoms with Crippen molar-refractivity contribution in [1.82, 2.24) is 0 Å². The summed E-state index contributed by atoms with van der Waals surface area (Å²) < 4.78 is 0. The van der Waals surface area contributed by atoms with Gasteiger partial charge in [0.2, 0.25) is 0 Å². The predicted octanol–water partition coefficient (Wildman–Crippen LogP) is 2.32. The Kier molecular flexibility index (Phi) is 3.99. The van der Waals surface area contributed by atoms with Gasteiger partial charge in [0.1, 0.15) is 0 Å². The largest absolute Gasteiger partial charge is 0.478 e. The quantitative estimate of drug-likeness (QED) is 0.798. The molecule has 1 aromatic carbocycles. The van der Waals surface area contributed by atoms with Crippen LogP contribution < -0.4 is 0 Å². The Morgan fingerprint density at radius 2 is 1.50 bits per heavy atom. The van der Waals surface area contributed by atoms with Crippen LogP contribution in [0, 0.1) is 0 Å². The number of aldehydes is 1. The third-order valence-corrected chi connectivity index (χ3v) is 2.25. The van der Waals surface area contributed by atoms with Crippen LogP contribution in [-0.2, 0) is 0 Å². The van der Waals surface area contributed by atoms with Crippen molar-refractivity contribution in [2.45, 2.75) is 13.8 Å². The molecule has 5 heteroatoms. The van der Waals surface area contributed by atoms with Gasteiger partial charge in [0.05, 0.1) is 11.1 Å². The number of carbonyl (C=O) groups is 3. The van der Waals surface area contributed by atoms with Gasteiger partial charge in [-0.05, 0) is 31.5 Å². The molecule has 0 aliphatic rings. The molecule has 0 spiro atoms. The van der Waals surface area contributed by atoms with Crippen molar-refractivity contribution >= 4 is 24.3 Å². The summed E-state index contributed by atoms with van der Waals surface area (Å²) in [4.78, 5) is 32.8. The van der Waals surface area contributed by atoms with E-state index in [0.717, 1.165) is 11.6 Å². The SMILES string of the molecule is CC(C)=Cc1cc(C=O)c(C(=O)O)cc1C(=O)O. The molecule has 0 radical (unpaired) electrons. The van der Waals surface area contributed by atoms with Crippen LogP contribution >= 0.6 is 0 Å². The molecule has 1 aromatic rings. The molecule has 0 amide bonds. The van der Waals surface area contributed by atoms with E-state index in [1.165, 1.54) is 6.07 Å². The fraction of sp³-hybridized carbons (Fsp3) is 0.154. The van der Waals surface area contributed by atoms with E-state index in [4.69, 9.17) is 10.2 Å². The fourth-order valence-corrected chi connectivity index (χ4v) is 1.53. The van der Waals surface area contributed by atoms with E-state index in [1.54, 1.807) is 19.9 Å². The number of allylic oxidation sites excluding steroid dienone is 1. The number of rotatable bonds is 4. The van der Waals surface area contributed by atoms with Gasteiger partial charge in [-0.15, -0.1) is 0 Å². The highest BCUT2D eigenvalue weighted by Gasteiger charge is 2.17. The zero-order chi connectivity index (χ0) is 13.9. The first-order chi connectivity index (χ1) is 8.36. The van der Waals surface area contributed by atoms with Crippen molar-refractivity contribution in [3.05, 3.63) is 40.0 Å². The first kappa shape index (κ1) is 13.6. The molecule has 0 bridgehead atoms. The Bertz CT molecular complexity index is 551. The lowest BCUT2D eigenvalue weighted by molar-refractivity contribution is 0.0694. The maximum atomic E-state index is 11.1. The topological polar surface area (TPSA) is 91.7 Å². The Labute approximate surface area is 103 Å². The average molecular weight is 248 g/mol. The lowest BCUT2D eigenvalue weighted by atomic mass is 9.97. The van der Waals surface area contributed by atoms with Crippen LogP contribution in [0.25, 0.3) is 6.08 Å². The maximum absolute atomic E-state index is 11.1. The highest BCUT2D eigenvalue weighted by atomic mass is 16.4. The van der Waals surface area contributed by atoms with Crippen LogP contribution in [-0.4, -0.2) is 28.4 Å². The number of carboxylic acid groups (broad SMARTS) is 2. The molecule has 0 heterocycles. The van der Waals surface area contributed by atoms with Gasteiger partial charge in [-0.1, -0.05) is 11.6 Å². The van der Waals surface area contributed by atoms with Crippen LogP contribution in [0.15, 0.2) is 17.7 Å². The fourth-order valence-electron chi connectivity index (χ4n) is 1.53. The van der Waals surface area contributed by atoms with Crippen molar-refractivity contribution in [3.63, 3.8) is 0 Å². The molecule has 0 aliphatic carbocycles. The van der Waals surface area contributed by atoms with Crippen LogP contribution in [0.5, 0.6) is 0 Å². The van der Waals surface area contributed by atoms with Gasteiger partial charge < -0.3 is 10.2 Å². The van der Waals surface area contributed by atoms with Gasteiger partial charge in [-0.2, -0.15) is 0 Å². The predicted molar refractivity (Wildman–Crippen MR) is 65.1 cm³/mol. The van der Waals surface area contributed by atoms with Gasteiger partial charge in [-0.3, -0.25) is 4.79 Å². The molecule has 1 rings (SSSR count). The van der Waals surface area contributed by atoms with E-state index in [2.05, 4.69) is 0 Å². The monoisotopic (exact) mass is 248 g/mol. The van der Waals surface area contributed by atoms with E-state index in [-0.39, 0.29) is 16.7 Å². The summed E-state index contributed by atoms with van der Waals surface area (Å²) in [7, 11) is 0. The normalized spacial score (nSPS) is 9.67. The summed E-state index contributed by atoms with van der Waals surface area (Å²) in [5.41, 5.74) is 0.666. The molecule has 0 unspecified atom stereocenters. The standard InChI is InChI=1S/C13H12O5/c1-7(2)3-8-4-9(6-14)11(13(17)18)5-10(8)12(15)16/h3-6H,1-2H3,(H,15,16)(H,17,18). The van der Waals surface area contributed by atoms with Gasteiger partial charge in [0, 0.05) is 5.56 Å². The second-order valence-electron chi connectivity index (χ2n) is 3.98. The minimum Gasteiger partial charge on any atom is -0.478 e. The third kappa shape index (κ3) is 2.82. The van der Waals surface area contributed by atoms with Crippen LogP contribution in [0.4, 0.5) is 0 Å². The molecule has 0 saturated heterocycles. The second kappa shape index (κ2) is 5.27. The minimum absolute atomic E-state index is 0.0417. The van der Waals surface area contributed by atoms with Gasteiger partial charge >= 0.3 is 11.9 Å². The summed E-state index contributed by atoms with van der Waals surface area (Å²) in [5.74, 6) is -2.56. The van der Waals surface area contributed by atoms with Crippen molar-refractivity contribution in [1.29, 1.82) is 0 Å². The summed E-state index contributed by atoms with van der Waals surface area (Å²) >= 11 is 0. The van der Waals surface area contributed by atoms with Gasteiger partial charge in [0.25, 0.3) is 0 Å². The maximum Gasteiger partial charge on any atom is 0.336 e. The van der Waals surface area contributed by atoms with Gasteiger partial charge in [-0.25, -0.2) is 9.59 Å². The molecule has 5 nitrogen and oxygen atoms in total. The molecular weight excluding hydrogens is 236 g/mol. The minimum atomic E-state index is -1.33. The smallest absolute Gasteiger partial charge is 0.336 e. The number of hydrogen-bond acceptors (Lipinski definition) is 3.